The van der Waals surface area contributed by atoms with Gasteiger partial charge in [-0.2, -0.15) is 0 Å². The second-order valence-electron chi connectivity index (χ2n) is 5.53. The molecule has 2 N–H and O–H groups in total. The van der Waals surface area contributed by atoms with Gasteiger partial charge in [-0.15, -0.1) is 11.3 Å². The molecule has 6 nitrogen and oxygen atoms in total. The van der Waals surface area contributed by atoms with Crippen LogP contribution in [0, 0.1) is 0 Å². The standard InChI is InChI=1S/C20H18N2O4S/c1-25-16-10-9-15(12-17(16)26-2)22-19(23)13-5-7-14(8-6-13)21-20(24)18-4-3-11-27-18/h3-12H,1-2H3,(H,21,24)(H,22,23). The van der Waals surface area contributed by atoms with Gasteiger partial charge in [0.2, 0.25) is 0 Å². The summed E-state index contributed by atoms with van der Waals surface area (Å²) in [4.78, 5) is 25.1. The third-order valence-corrected chi connectivity index (χ3v) is 4.66. The van der Waals surface area contributed by atoms with Crippen molar-refractivity contribution in [3.63, 3.8) is 0 Å². The number of carbonyl (C=O) groups is 2. The first-order valence-electron chi connectivity index (χ1n) is 8.09. The quantitative estimate of drug-likeness (QED) is 0.667. The van der Waals surface area contributed by atoms with Gasteiger partial charge in [0.15, 0.2) is 11.5 Å². The number of rotatable bonds is 6. The molecule has 27 heavy (non-hydrogen) atoms. The Bertz CT molecular complexity index is 937. The normalized spacial score (nSPS) is 10.1. The number of nitrogens with one attached hydrogen (secondary N) is 2. The van der Waals surface area contributed by atoms with Crippen LogP contribution < -0.4 is 20.1 Å². The molecular formula is C20H18N2O4S. The fourth-order valence-corrected chi connectivity index (χ4v) is 3.04. The molecule has 2 amide bonds. The van der Waals surface area contributed by atoms with E-state index in [9.17, 15) is 9.59 Å². The zero-order valence-corrected chi connectivity index (χ0v) is 15.6. The van der Waals surface area contributed by atoms with Crippen molar-refractivity contribution in [2.45, 2.75) is 0 Å². The molecule has 0 bridgehead atoms. The van der Waals surface area contributed by atoms with Crippen molar-refractivity contribution < 1.29 is 19.1 Å². The van der Waals surface area contributed by atoms with E-state index >= 15 is 0 Å². The van der Waals surface area contributed by atoms with E-state index < -0.39 is 0 Å². The minimum Gasteiger partial charge on any atom is -0.493 e. The molecule has 0 saturated carbocycles. The SMILES string of the molecule is COc1ccc(NC(=O)c2ccc(NC(=O)c3cccs3)cc2)cc1OC. The van der Waals surface area contributed by atoms with Crippen LogP contribution in [0.5, 0.6) is 11.5 Å². The Morgan fingerprint density at radius 2 is 1.48 bits per heavy atom. The number of hydrogen-bond donors (Lipinski definition) is 2. The Morgan fingerprint density at radius 3 is 2.11 bits per heavy atom. The summed E-state index contributed by atoms with van der Waals surface area (Å²) in [7, 11) is 3.08. The molecule has 0 aliphatic carbocycles. The molecule has 2 aromatic carbocycles. The van der Waals surface area contributed by atoms with Crippen LogP contribution in [0.15, 0.2) is 60.0 Å². The second-order valence-corrected chi connectivity index (χ2v) is 6.48. The molecule has 0 radical (unpaired) electrons. The van der Waals surface area contributed by atoms with Gasteiger partial charge in [0.1, 0.15) is 0 Å². The summed E-state index contributed by atoms with van der Waals surface area (Å²) in [5.74, 6) is 0.675. The van der Waals surface area contributed by atoms with Gasteiger partial charge in [0, 0.05) is 23.0 Å². The molecule has 0 fully saturated rings. The van der Waals surface area contributed by atoms with E-state index in [4.69, 9.17) is 9.47 Å². The zero-order valence-electron chi connectivity index (χ0n) is 14.8. The number of ether oxygens (including phenoxy) is 2. The summed E-state index contributed by atoms with van der Waals surface area (Å²) in [6.45, 7) is 0. The number of carbonyl (C=O) groups excluding carboxylic acids is 2. The lowest BCUT2D eigenvalue weighted by Crippen LogP contribution is -2.13. The third-order valence-electron chi connectivity index (χ3n) is 3.79. The highest BCUT2D eigenvalue weighted by atomic mass is 32.1. The lowest BCUT2D eigenvalue weighted by atomic mass is 10.2. The molecule has 3 aromatic rings. The van der Waals surface area contributed by atoms with Crippen LogP contribution in [0.4, 0.5) is 11.4 Å². The topological polar surface area (TPSA) is 76.7 Å². The fourth-order valence-electron chi connectivity index (χ4n) is 2.42. The highest BCUT2D eigenvalue weighted by Gasteiger charge is 2.11. The van der Waals surface area contributed by atoms with Crippen molar-refractivity contribution in [2.75, 3.05) is 24.9 Å². The Morgan fingerprint density at radius 1 is 0.815 bits per heavy atom. The molecule has 0 aliphatic heterocycles. The van der Waals surface area contributed by atoms with Crippen LogP contribution in [0.25, 0.3) is 0 Å². The van der Waals surface area contributed by atoms with Gasteiger partial charge in [-0.3, -0.25) is 9.59 Å². The van der Waals surface area contributed by atoms with E-state index in [2.05, 4.69) is 10.6 Å². The van der Waals surface area contributed by atoms with E-state index in [1.54, 1.807) is 55.6 Å². The lowest BCUT2D eigenvalue weighted by Gasteiger charge is -2.11. The van der Waals surface area contributed by atoms with Crippen molar-refractivity contribution >= 4 is 34.5 Å². The van der Waals surface area contributed by atoms with Crippen LogP contribution >= 0.6 is 11.3 Å². The first kappa shape index (κ1) is 18.5. The number of thiophene rings is 1. The average Bonchev–Trinajstić information content (AvgIpc) is 3.23. The molecule has 0 atom stereocenters. The molecule has 0 unspecified atom stereocenters. The number of anilines is 2. The summed E-state index contributed by atoms with van der Waals surface area (Å²) >= 11 is 1.37. The molecule has 7 heteroatoms. The first-order valence-corrected chi connectivity index (χ1v) is 8.97. The summed E-state index contributed by atoms with van der Waals surface area (Å²) in [6, 6.07) is 15.4. The van der Waals surface area contributed by atoms with Crippen molar-refractivity contribution in [1.29, 1.82) is 0 Å². The summed E-state index contributed by atoms with van der Waals surface area (Å²) in [5, 5.41) is 7.45. The molecule has 138 valence electrons. The fraction of sp³-hybridized carbons (Fsp3) is 0.100. The maximum absolute atomic E-state index is 12.4. The van der Waals surface area contributed by atoms with Crippen molar-refractivity contribution in [3.8, 4) is 11.5 Å². The van der Waals surface area contributed by atoms with Crippen molar-refractivity contribution in [2.24, 2.45) is 0 Å². The summed E-state index contributed by atoms with van der Waals surface area (Å²) in [5.41, 5.74) is 1.68. The predicted octanol–water partition coefficient (Wildman–Crippen LogP) is 4.27. The van der Waals surface area contributed by atoms with E-state index in [0.29, 0.717) is 33.3 Å². The number of benzene rings is 2. The molecule has 0 aliphatic rings. The summed E-state index contributed by atoms with van der Waals surface area (Å²) in [6.07, 6.45) is 0. The minimum atomic E-state index is -0.265. The minimum absolute atomic E-state index is 0.174. The van der Waals surface area contributed by atoms with Crippen LogP contribution in [0.1, 0.15) is 20.0 Å². The van der Waals surface area contributed by atoms with Gasteiger partial charge < -0.3 is 20.1 Å². The van der Waals surface area contributed by atoms with Crippen LogP contribution in [-0.2, 0) is 0 Å². The molecule has 1 heterocycles. The highest BCUT2D eigenvalue weighted by Crippen LogP contribution is 2.30. The zero-order chi connectivity index (χ0) is 19.2. The van der Waals surface area contributed by atoms with Gasteiger partial charge in [0.25, 0.3) is 11.8 Å². The van der Waals surface area contributed by atoms with Crippen molar-refractivity contribution in [3.05, 3.63) is 70.4 Å². The Labute approximate surface area is 160 Å². The van der Waals surface area contributed by atoms with Crippen LogP contribution in [0.2, 0.25) is 0 Å². The first-order chi connectivity index (χ1) is 13.1. The molecule has 1 aromatic heterocycles. The Hall–Kier alpha value is -3.32. The van der Waals surface area contributed by atoms with Gasteiger partial charge in [-0.05, 0) is 47.8 Å². The van der Waals surface area contributed by atoms with E-state index in [1.807, 2.05) is 11.4 Å². The van der Waals surface area contributed by atoms with E-state index in [-0.39, 0.29) is 11.8 Å². The van der Waals surface area contributed by atoms with Crippen molar-refractivity contribution in [1.82, 2.24) is 0 Å². The second kappa shape index (κ2) is 8.37. The van der Waals surface area contributed by atoms with Gasteiger partial charge in [0.05, 0.1) is 19.1 Å². The number of hydrogen-bond acceptors (Lipinski definition) is 5. The predicted molar refractivity (Wildman–Crippen MR) is 106 cm³/mol. The Balaban J connectivity index is 1.66. The molecule has 3 rings (SSSR count). The Kier molecular flexibility index (Phi) is 5.73. The van der Waals surface area contributed by atoms with E-state index in [0.717, 1.165) is 0 Å². The maximum Gasteiger partial charge on any atom is 0.265 e. The van der Waals surface area contributed by atoms with Gasteiger partial charge >= 0.3 is 0 Å². The average molecular weight is 382 g/mol. The third kappa shape index (κ3) is 4.45. The largest absolute Gasteiger partial charge is 0.493 e. The van der Waals surface area contributed by atoms with Crippen LogP contribution in [0.3, 0.4) is 0 Å². The van der Waals surface area contributed by atoms with Gasteiger partial charge in [-0.1, -0.05) is 6.07 Å². The van der Waals surface area contributed by atoms with Crippen LogP contribution in [-0.4, -0.2) is 26.0 Å². The highest BCUT2D eigenvalue weighted by molar-refractivity contribution is 7.12. The molecule has 0 spiro atoms. The maximum atomic E-state index is 12.4. The smallest absolute Gasteiger partial charge is 0.265 e. The molecule has 0 saturated heterocycles. The number of methoxy groups -OCH3 is 2. The molecular weight excluding hydrogens is 364 g/mol. The number of amides is 2. The lowest BCUT2D eigenvalue weighted by molar-refractivity contribution is 0.102. The monoisotopic (exact) mass is 382 g/mol. The van der Waals surface area contributed by atoms with E-state index in [1.165, 1.54) is 18.4 Å². The van der Waals surface area contributed by atoms with Gasteiger partial charge in [-0.25, -0.2) is 0 Å². The summed E-state index contributed by atoms with van der Waals surface area (Å²) < 4.78 is 10.4.